The van der Waals surface area contributed by atoms with E-state index in [9.17, 15) is 4.79 Å². The van der Waals surface area contributed by atoms with E-state index in [1.807, 2.05) is 48.5 Å². The summed E-state index contributed by atoms with van der Waals surface area (Å²) >= 11 is 0. The van der Waals surface area contributed by atoms with Crippen molar-refractivity contribution in [3.63, 3.8) is 0 Å². The molecular weight excluding hydrogens is 269 g/mol. The van der Waals surface area contributed by atoms with Crippen molar-refractivity contribution in [1.29, 1.82) is 0 Å². The fourth-order valence-electron chi connectivity index (χ4n) is 2.64. The van der Waals surface area contributed by atoms with Crippen molar-refractivity contribution >= 4 is 11.7 Å². The number of carbonyl (C=O) groups excluding carboxylic acids is 1. The van der Waals surface area contributed by atoms with Crippen LogP contribution in [0, 0.1) is 0 Å². The Labute approximate surface area is 123 Å². The molecule has 0 radical (unpaired) electrons. The van der Waals surface area contributed by atoms with E-state index < -0.39 is 17.8 Å². The molecule has 0 aliphatic carbocycles. The van der Waals surface area contributed by atoms with Gasteiger partial charge in [-0.3, -0.25) is 0 Å². The second-order valence-corrected chi connectivity index (χ2v) is 4.91. The maximum atomic E-state index is 15.2. The number of rotatable bonds is 4. The molecule has 2 unspecified atom stereocenters. The lowest BCUT2D eigenvalue weighted by molar-refractivity contribution is -0.151. The summed E-state index contributed by atoms with van der Waals surface area (Å²) in [4.78, 5) is 13.5. The highest BCUT2D eigenvalue weighted by Gasteiger charge is 2.71. The average Bonchev–Trinajstić information content (AvgIpc) is 3.17. The lowest BCUT2D eigenvalue weighted by Gasteiger charge is -2.08. The Morgan fingerprint density at radius 2 is 1.71 bits per heavy atom. The number of benzene rings is 2. The van der Waals surface area contributed by atoms with Crippen molar-refractivity contribution in [3.8, 4) is 0 Å². The standard InChI is InChI=1S/C17H16FNO2/c1-2-21-16(20)17(18)15(13-9-5-3-6-10-13)19(17)14-11-7-4-8-12-14/h3-12,15H,2H2,1H3. The van der Waals surface area contributed by atoms with Crippen LogP contribution in [0.5, 0.6) is 0 Å². The molecule has 0 amide bonds. The third-order valence-corrected chi connectivity index (χ3v) is 3.61. The molecule has 21 heavy (non-hydrogen) atoms. The van der Waals surface area contributed by atoms with Gasteiger partial charge >= 0.3 is 11.8 Å². The molecule has 1 fully saturated rings. The molecule has 0 bridgehead atoms. The monoisotopic (exact) mass is 285 g/mol. The lowest BCUT2D eigenvalue weighted by atomic mass is 10.1. The summed E-state index contributed by atoms with van der Waals surface area (Å²) in [7, 11) is 0. The minimum atomic E-state index is -2.13. The van der Waals surface area contributed by atoms with Crippen molar-refractivity contribution in [2.45, 2.75) is 18.8 Å². The van der Waals surface area contributed by atoms with Crippen LogP contribution >= 0.6 is 0 Å². The Balaban J connectivity index is 1.99. The first kappa shape index (κ1) is 13.6. The second kappa shape index (κ2) is 5.20. The molecule has 0 aromatic heterocycles. The van der Waals surface area contributed by atoms with E-state index >= 15 is 4.39 Å². The quantitative estimate of drug-likeness (QED) is 0.489. The van der Waals surface area contributed by atoms with E-state index in [0.29, 0.717) is 5.69 Å². The molecule has 0 spiro atoms. The minimum absolute atomic E-state index is 0.161. The number of hydrogen-bond acceptors (Lipinski definition) is 3. The molecule has 3 nitrogen and oxygen atoms in total. The van der Waals surface area contributed by atoms with Crippen LogP contribution in [0.3, 0.4) is 0 Å². The first-order valence-corrected chi connectivity index (χ1v) is 6.95. The second-order valence-electron chi connectivity index (χ2n) is 4.91. The molecule has 2 aromatic carbocycles. The van der Waals surface area contributed by atoms with Crippen LogP contribution in [0.2, 0.25) is 0 Å². The van der Waals surface area contributed by atoms with Gasteiger partial charge in [0, 0.05) is 5.69 Å². The molecule has 1 aliphatic rings. The van der Waals surface area contributed by atoms with Crippen LogP contribution in [0.4, 0.5) is 10.1 Å². The first-order valence-electron chi connectivity index (χ1n) is 6.95. The van der Waals surface area contributed by atoms with Crippen molar-refractivity contribution in [2.75, 3.05) is 11.5 Å². The van der Waals surface area contributed by atoms with Crippen LogP contribution < -0.4 is 4.90 Å². The van der Waals surface area contributed by atoms with Gasteiger partial charge in [-0.2, -0.15) is 0 Å². The Kier molecular flexibility index (Phi) is 3.37. The molecule has 0 N–H and O–H groups in total. The summed E-state index contributed by atoms with van der Waals surface area (Å²) < 4.78 is 20.1. The van der Waals surface area contributed by atoms with Gasteiger partial charge in [0.05, 0.1) is 6.61 Å². The van der Waals surface area contributed by atoms with Crippen molar-refractivity contribution in [3.05, 3.63) is 66.2 Å². The summed E-state index contributed by atoms with van der Waals surface area (Å²) in [6.07, 6.45) is 0. The Hall–Kier alpha value is -2.36. The summed E-state index contributed by atoms with van der Waals surface area (Å²) in [6, 6.07) is 17.6. The van der Waals surface area contributed by atoms with Gasteiger partial charge in [-0.15, -0.1) is 0 Å². The van der Waals surface area contributed by atoms with Gasteiger partial charge in [0.2, 0.25) is 0 Å². The number of hydrogen-bond donors (Lipinski definition) is 0. The van der Waals surface area contributed by atoms with Gasteiger partial charge in [-0.05, 0) is 24.6 Å². The Morgan fingerprint density at radius 3 is 2.29 bits per heavy atom. The van der Waals surface area contributed by atoms with Gasteiger partial charge in [-0.1, -0.05) is 48.5 Å². The highest BCUT2D eigenvalue weighted by molar-refractivity contribution is 5.92. The fourth-order valence-corrected chi connectivity index (χ4v) is 2.64. The Morgan fingerprint density at radius 1 is 1.14 bits per heavy atom. The molecular formula is C17H16FNO2. The van der Waals surface area contributed by atoms with E-state index in [4.69, 9.17) is 4.74 Å². The molecule has 108 valence electrons. The zero-order valence-corrected chi connectivity index (χ0v) is 11.7. The summed E-state index contributed by atoms with van der Waals surface area (Å²) in [5.74, 6) is -2.96. The van der Waals surface area contributed by atoms with Crippen LogP contribution in [-0.2, 0) is 9.53 Å². The van der Waals surface area contributed by atoms with Gasteiger partial charge in [0.15, 0.2) is 0 Å². The van der Waals surface area contributed by atoms with Crippen LogP contribution in [0.1, 0.15) is 18.5 Å². The predicted octanol–water partition coefficient (Wildman–Crippen LogP) is 3.48. The number of ether oxygens (including phenoxy) is 1. The molecule has 4 heteroatoms. The summed E-state index contributed by atoms with van der Waals surface area (Å²) in [6.45, 7) is 1.84. The number of nitrogens with zero attached hydrogens (tertiary/aromatic N) is 1. The average molecular weight is 285 g/mol. The van der Waals surface area contributed by atoms with Crippen LogP contribution in [0.25, 0.3) is 0 Å². The molecule has 1 heterocycles. The molecule has 2 aromatic rings. The highest BCUT2D eigenvalue weighted by Crippen LogP contribution is 2.57. The zero-order chi connectivity index (χ0) is 14.9. The summed E-state index contributed by atoms with van der Waals surface area (Å²) in [5.41, 5.74) is 1.43. The van der Waals surface area contributed by atoms with Crippen molar-refractivity contribution in [2.24, 2.45) is 0 Å². The van der Waals surface area contributed by atoms with Crippen molar-refractivity contribution in [1.82, 2.24) is 0 Å². The highest BCUT2D eigenvalue weighted by atomic mass is 19.2. The van der Waals surface area contributed by atoms with Gasteiger partial charge < -0.3 is 9.64 Å². The van der Waals surface area contributed by atoms with E-state index in [1.54, 1.807) is 19.1 Å². The number of esters is 1. The number of para-hydroxylation sites is 1. The largest absolute Gasteiger partial charge is 0.462 e. The van der Waals surface area contributed by atoms with Crippen molar-refractivity contribution < 1.29 is 13.9 Å². The van der Waals surface area contributed by atoms with Gasteiger partial charge in [-0.25, -0.2) is 9.18 Å². The van der Waals surface area contributed by atoms with E-state index in [1.165, 1.54) is 4.90 Å². The zero-order valence-electron chi connectivity index (χ0n) is 11.7. The molecule has 2 atom stereocenters. The number of alkyl halides is 1. The SMILES string of the molecule is CCOC(=O)C1(F)C(c2ccccc2)N1c1ccccc1. The molecule has 1 aliphatic heterocycles. The van der Waals surface area contributed by atoms with Crippen LogP contribution in [0.15, 0.2) is 60.7 Å². The normalized spacial score (nSPS) is 23.7. The minimum Gasteiger partial charge on any atom is -0.462 e. The first-order chi connectivity index (χ1) is 10.2. The predicted molar refractivity (Wildman–Crippen MR) is 78.6 cm³/mol. The molecule has 3 rings (SSSR count). The smallest absolute Gasteiger partial charge is 0.367 e. The summed E-state index contributed by atoms with van der Waals surface area (Å²) in [5, 5.41) is 0. The van der Waals surface area contributed by atoms with E-state index in [-0.39, 0.29) is 6.61 Å². The van der Waals surface area contributed by atoms with E-state index in [0.717, 1.165) is 5.56 Å². The third-order valence-electron chi connectivity index (χ3n) is 3.61. The van der Waals surface area contributed by atoms with Gasteiger partial charge in [0.1, 0.15) is 6.04 Å². The maximum absolute atomic E-state index is 15.2. The fraction of sp³-hybridized carbons (Fsp3) is 0.235. The van der Waals surface area contributed by atoms with Gasteiger partial charge in [0.25, 0.3) is 0 Å². The molecule has 1 saturated heterocycles. The topological polar surface area (TPSA) is 29.3 Å². The van der Waals surface area contributed by atoms with E-state index in [2.05, 4.69) is 0 Å². The number of halogens is 1. The lowest BCUT2D eigenvalue weighted by Crippen LogP contribution is -2.27. The number of carbonyl (C=O) groups is 1. The third kappa shape index (κ3) is 2.17. The number of anilines is 1. The van der Waals surface area contributed by atoms with Crippen LogP contribution in [-0.4, -0.2) is 18.4 Å². The maximum Gasteiger partial charge on any atom is 0.367 e. The molecule has 0 saturated carbocycles. The Bertz CT molecular complexity index is 584.